The van der Waals surface area contributed by atoms with Crippen LogP contribution in [0.1, 0.15) is 60.6 Å². The second kappa shape index (κ2) is 16.9. The SMILES string of the molecule is CO[C@@]1(c2cc(-c3ccc(CN4CCC5(CCN(C(=O)c6ccc(Cl)c(N7CCC(=O)NC7=O)c6)CC5)C(F)(F)C4)cn3)cc(-c3cn(C)c4cnc(NC(C)=O)cc34)n2)CCOC1. The number of anilines is 2. The molecule has 1 spiro atoms. The van der Waals surface area contributed by atoms with Gasteiger partial charge < -0.3 is 24.3 Å². The number of pyridine rings is 3. The summed E-state index contributed by atoms with van der Waals surface area (Å²) in [4.78, 5) is 68.7. The molecule has 18 heteroatoms. The number of piperidine rings is 2. The predicted octanol–water partition coefficient (Wildman–Crippen LogP) is 6.78. The number of carbonyl (C=O) groups excluding carboxylic acids is 4. The number of imide groups is 1. The van der Waals surface area contributed by atoms with Gasteiger partial charge in [-0.15, -0.1) is 0 Å². The summed E-state index contributed by atoms with van der Waals surface area (Å²) >= 11 is 6.39. The second-order valence-corrected chi connectivity index (χ2v) is 17.7. The normalized spacial score (nSPS) is 21.1. The van der Waals surface area contributed by atoms with Gasteiger partial charge in [0, 0.05) is 107 Å². The molecule has 4 aliphatic heterocycles. The quantitative estimate of drug-likeness (QED) is 0.161. The molecular formula is C46H48ClF2N9O6. The summed E-state index contributed by atoms with van der Waals surface area (Å²) in [6.07, 6.45) is 6.74. The molecule has 9 rings (SSSR count). The number of fused-ring (bicyclic) bond motifs is 1. The van der Waals surface area contributed by atoms with Crippen molar-refractivity contribution in [1.82, 2.24) is 34.6 Å². The average Bonchev–Trinajstić information content (AvgIpc) is 3.90. The minimum Gasteiger partial charge on any atom is -0.378 e. The van der Waals surface area contributed by atoms with Gasteiger partial charge in [-0.3, -0.25) is 34.5 Å². The summed E-state index contributed by atoms with van der Waals surface area (Å²) < 4.78 is 46.4. The molecule has 5 amide bonds. The molecule has 64 heavy (non-hydrogen) atoms. The number of ether oxygens (including phenoxy) is 2. The van der Waals surface area contributed by atoms with Crippen molar-refractivity contribution in [3.05, 3.63) is 89.0 Å². The van der Waals surface area contributed by atoms with Crippen LogP contribution in [0.4, 0.5) is 25.1 Å². The zero-order valence-corrected chi connectivity index (χ0v) is 36.5. The predicted molar refractivity (Wildman–Crippen MR) is 235 cm³/mol. The number of alkyl halides is 2. The van der Waals surface area contributed by atoms with E-state index in [0.717, 1.165) is 27.6 Å². The highest BCUT2D eigenvalue weighted by atomic mass is 35.5. The van der Waals surface area contributed by atoms with Crippen LogP contribution in [0.25, 0.3) is 33.4 Å². The Hall–Kier alpha value is -5.88. The molecule has 1 atom stereocenters. The summed E-state index contributed by atoms with van der Waals surface area (Å²) in [6.45, 7) is 3.11. The third-order valence-electron chi connectivity index (χ3n) is 13.3. The zero-order chi connectivity index (χ0) is 45.0. The number of aryl methyl sites for hydroxylation is 1. The summed E-state index contributed by atoms with van der Waals surface area (Å²) in [6, 6.07) is 13.6. The monoisotopic (exact) mass is 895 g/mol. The van der Waals surface area contributed by atoms with E-state index >= 15 is 8.78 Å². The van der Waals surface area contributed by atoms with Crippen molar-refractivity contribution in [2.45, 2.75) is 57.1 Å². The third-order valence-corrected chi connectivity index (χ3v) is 13.6. The fraction of sp³-hybridized carbons (Fsp3) is 0.413. The summed E-state index contributed by atoms with van der Waals surface area (Å²) in [5.41, 5.74) is 3.92. The third kappa shape index (κ3) is 8.10. The van der Waals surface area contributed by atoms with Gasteiger partial charge in [-0.05, 0) is 73.8 Å². The first-order valence-corrected chi connectivity index (χ1v) is 21.7. The standard InChI is InChI=1S/C46H48ClF2N9O6/c1-28(59)52-40-21-32-33(25-55(2)38(32)23-51-40)36-18-31(20-39(53-36)45(63-3)12-17-64-27-45)35-7-4-29(22-50-35)24-56-14-9-44(46(48,49)26-56)10-15-57(16-11-44)42(61)30-5-6-34(47)37(19-30)58-13-8-41(60)54-43(58)62/h4-7,18-23,25H,8-17,24,26-27H2,1-3H3,(H,51,52,59)(H,54,60,62)/t45-/m0/s1. The Kier molecular flexibility index (Phi) is 11.5. The van der Waals surface area contributed by atoms with E-state index in [0.29, 0.717) is 61.3 Å². The van der Waals surface area contributed by atoms with Crippen LogP contribution in [0, 0.1) is 5.41 Å². The smallest absolute Gasteiger partial charge is 0.328 e. The number of benzene rings is 1. The Morgan fingerprint density at radius 2 is 1.77 bits per heavy atom. The first-order chi connectivity index (χ1) is 30.7. The van der Waals surface area contributed by atoms with Crippen LogP contribution in [0.15, 0.2) is 67.1 Å². The van der Waals surface area contributed by atoms with Gasteiger partial charge in [-0.1, -0.05) is 17.7 Å². The summed E-state index contributed by atoms with van der Waals surface area (Å²) in [5.74, 6) is -3.51. The van der Waals surface area contributed by atoms with E-state index in [1.54, 1.807) is 35.4 Å². The number of nitrogens with zero attached hydrogens (tertiary/aromatic N) is 7. The molecule has 15 nitrogen and oxygen atoms in total. The van der Waals surface area contributed by atoms with Crippen molar-refractivity contribution in [3.8, 4) is 22.5 Å². The van der Waals surface area contributed by atoms with Gasteiger partial charge in [0.25, 0.3) is 11.8 Å². The molecule has 2 N–H and O–H groups in total. The Morgan fingerprint density at radius 3 is 2.45 bits per heavy atom. The van der Waals surface area contributed by atoms with Crippen molar-refractivity contribution in [2.75, 3.05) is 63.3 Å². The van der Waals surface area contributed by atoms with E-state index in [4.69, 9.17) is 31.0 Å². The van der Waals surface area contributed by atoms with Crippen molar-refractivity contribution in [3.63, 3.8) is 0 Å². The second-order valence-electron chi connectivity index (χ2n) is 17.3. The fourth-order valence-electron chi connectivity index (χ4n) is 9.54. The topological polar surface area (TPSA) is 164 Å². The highest BCUT2D eigenvalue weighted by Crippen LogP contribution is 2.51. The van der Waals surface area contributed by atoms with Gasteiger partial charge in [-0.2, -0.15) is 0 Å². The van der Waals surface area contributed by atoms with Gasteiger partial charge >= 0.3 is 6.03 Å². The molecule has 4 aliphatic rings. The van der Waals surface area contributed by atoms with Crippen LogP contribution in [0.5, 0.6) is 0 Å². The molecule has 5 aromatic rings. The van der Waals surface area contributed by atoms with Crippen molar-refractivity contribution in [1.29, 1.82) is 0 Å². The van der Waals surface area contributed by atoms with Crippen molar-refractivity contribution in [2.24, 2.45) is 12.5 Å². The van der Waals surface area contributed by atoms with E-state index in [-0.39, 0.29) is 73.6 Å². The minimum absolute atomic E-state index is 0.0992. The number of hydrogen-bond donors (Lipinski definition) is 2. The molecule has 0 unspecified atom stereocenters. The Balaban J connectivity index is 0.890. The maximum absolute atomic E-state index is 16.3. The van der Waals surface area contributed by atoms with Crippen molar-refractivity contribution < 1.29 is 37.4 Å². The van der Waals surface area contributed by atoms with Crippen LogP contribution in [0.2, 0.25) is 5.02 Å². The minimum atomic E-state index is -2.99. The maximum Gasteiger partial charge on any atom is 0.328 e. The number of methoxy groups -OCH3 is 1. The van der Waals surface area contributed by atoms with Crippen LogP contribution in [-0.2, 0) is 38.3 Å². The fourth-order valence-corrected chi connectivity index (χ4v) is 9.76. The number of carbonyl (C=O) groups is 4. The maximum atomic E-state index is 16.3. The molecule has 0 bridgehead atoms. The summed E-state index contributed by atoms with van der Waals surface area (Å²) in [5, 5.41) is 6.13. The highest BCUT2D eigenvalue weighted by molar-refractivity contribution is 6.34. The number of rotatable bonds is 9. The molecular weight excluding hydrogens is 848 g/mol. The first-order valence-electron chi connectivity index (χ1n) is 21.3. The lowest BCUT2D eigenvalue weighted by Crippen LogP contribution is -2.59. The number of nitrogens with one attached hydrogen (secondary N) is 2. The number of likely N-dealkylation sites (tertiary alicyclic amines) is 2. The number of hydrogen-bond acceptors (Lipinski definition) is 10. The highest BCUT2D eigenvalue weighted by Gasteiger charge is 2.57. The molecule has 1 aromatic carbocycles. The van der Waals surface area contributed by atoms with Crippen LogP contribution in [0.3, 0.4) is 0 Å². The number of aromatic nitrogens is 4. The molecule has 8 heterocycles. The van der Waals surface area contributed by atoms with Crippen LogP contribution >= 0.6 is 11.6 Å². The lowest BCUT2D eigenvalue weighted by atomic mass is 9.68. The Labute approximate surface area is 373 Å². The van der Waals surface area contributed by atoms with E-state index in [2.05, 4.69) is 15.6 Å². The first kappa shape index (κ1) is 43.4. The summed E-state index contributed by atoms with van der Waals surface area (Å²) in [7, 11) is 3.58. The van der Waals surface area contributed by atoms with E-state index in [1.807, 2.05) is 48.1 Å². The molecule has 0 saturated carbocycles. The molecule has 4 saturated heterocycles. The van der Waals surface area contributed by atoms with Crippen LogP contribution in [-0.4, -0.2) is 112 Å². The van der Waals surface area contributed by atoms with Gasteiger partial charge in [-0.25, -0.2) is 23.5 Å². The van der Waals surface area contributed by atoms with Crippen LogP contribution < -0.4 is 15.5 Å². The van der Waals surface area contributed by atoms with Gasteiger partial charge in [0.1, 0.15) is 11.4 Å². The Morgan fingerprint density at radius 1 is 0.969 bits per heavy atom. The largest absolute Gasteiger partial charge is 0.378 e. The number of urea groups is 1. The van der Waals surface area contributed by atoms with E-state index < -0.39 is 29.5 Å². The van der Waals surface area contributed by atoms with Crippen molar-refractivity contribution >= 4 is 57.8 Å². The zero-order valence-electron chi connectivity index (χ0n) is 35.8. The van der Waals surface area contributed by atoms with E-state index in [1.165, 1.54) is 24.0 Å². The van der Waals surface area contributed by atoms with E-state index in [9.17, 15) is 19.2 Å². The molecule has 0 aliphatic carbocycles. The average molecular weight is 896 g/mol. The lowest BCUT2D eigenvalue weighted by molar-refractivity contribution is -0.186. The molecule has 0 radical (unpaired) electrons. The van der Waals surface area contributed by atoms with Gasteiger partial charge in [0.15, 0.2) is 0 Å². The molecule has 4 fully saturated rings. The number of amides is 5. The van der Waals surface area contributed by atoms with Gasteiger partial charge in [0.05, 0.1) is 52.7 Å². The lowest BCUT2D eigenvalue weighted by Gasteiger charge is -2.51. The molecule has 4 aromatic heterocycles. The Bertz CT molecular complexity index is 2660. The molecule has 334 valence electrons. The number of halogens is 3. The van der Waals surface area contributed by atoms with Gasteiger partial charge in [0.2, 0.25) is 11.8 Å².